The lowest BCUT2D eigenvalue weighted by molar-refractivity contribution is -0.124. The number of aromatic nitrogens is 1. The van der Waals surface area contributed by atoms with E-state index in [0.717, 1.165) is 16.7 Å². The van der Waals surface area contributed by atoms with Gasteiger partial charge in [-0.3, -0.25) is 24.1 Å². The van der Waals surface area contributed by atoms with Crippen LogP contribution in [0.4, 0.5) is 4.79 Å². The normalized spacial score (nSPS) is 14.7. The van der Waals surface area contributed by atoms with Crippen molar-refractivity contribution in [2.24, 2.45) is 0 Å². The fourth-order valence-corrected chi connectivity index (χ4v) is 3.87. The van der Waals surface area contributed by atoms with E-state index < -0.39 is 11.1 Å². The van der Waals surface area contributed by atoms with Crippen LogP contribution in [0.25, 0.3) is 6.08 Å². The van der Waals surface area contributed by atoms with Gasteiger partial charge in [0.05, 0.1) is 18.6 Å². The van der Waals surface area contributed by atoms with Crippen LogP contribution >= 0.6 is 11.8 Å². The SMILES string of the molecule is CCOc1ccc(/C=C2\SC(=O)N(CCNC(=O)Cn3ccccc3=O)C2=O)cc1OC. The van der Waals surface area contributed by atoms with E-state index in [0.29, 0.717) is 23.7 Å². The molecule has 9 nitrogen and oxygen atoms in total. The minimum atomic E-state index is -0.429. The summed E-state index contributed by atoms with van der Waals surface area (Å²) in [5.74, 6) is 0.303. The Morgan fingerprint density at radius 2 is 1.97 bits per heavy atom. The number of rotatable bonds is 9. The van der Waals surface area contributed by atoms with Crippen LogP contribution in [-0.4, -0.2) is 53.3 Å². The monoisotopic (exact) mass is 457 g/mol. The van der Waals surface area contributed by atoms with E-state index >= 15 is 0 Å². The molecule has 1 aliphatic heterocycles. The largest absolute Gasteiger partial charge is 0.493 e. The second kappa shape index (κ2) is 10.7. The molecule has 1 saturated heterocycles. The van der Waals surface area contributed by atoms with Crippen molar-refractivity contribution >= 4 is 34.9 Å². The summed E-state index contributed by atoms with van der Waals surface area (Å²) >= 11 is 0.836. The van der Waals surface area contributed by atoms with Crippen LogP contribution < -0.4 is 20.3 Å². The lowest BCUT2D eigenvalue weighted by Crippen LogP contribution is -2.39. The van der Waals surface area contributed by atoms with Gasteiger partial charge in [-0.2, -0.15) is 0 Å². The average Bonchev–Trinajstić information content (AvgIpc) is 3.04. The second-order valence-electron chi connectivity index (χ2n) is 6.69. The maximum Gasteiger partial charge on any atom is 0.293 e. The Morgan fingerprint density at radius 1 is 1.16 bits per heavy atom. The van der Waals surface area contributed by atoms with Gasteiger partial charge in [0.2, 0.25) is 5.91 Å². The number of amides is 3. The zero-order valence-electron chi connectivity index (χ0n) is 17.7. The molecule has 0 aliphatic carbocycles. The number of ether oxygens (including phenoxy) is 2. The molecule has 32 heavy (non-hydrogen) atoms. The smallest absolute Gasteiger partial charge is 0.293 e. The van der Waals surface area contributed by atoms with E-state index in [1.807, 2.05) is 6.92 Å². The van der Waals surface area contributed by atoms with Gasteiger partial charge in [-0.05, 0) is 48.5 Å². The van der Waals surface area contributed by atoms with E-state index in [1.54, 1.807) is 36.4 Å². The Bertz CT molecular complexity index is 1110. The van der Waals surface area contributed by atoms with Crippen LogP contribution in [0, 0.1) is 0 Å². The summed E-state index contributed by atoms with van der Waals surface area (Å²) in [4.78, 5) is 50.0. The Balaban J connectivity index is 1.59. The van der Waals surface area contributed by atoms with Gasteiger partial charge < -0.3 is 19.4 Å². The number of nitrogens with one attached hydrogen (secondary N) is 1. The number of methoxy groups -OCH3 is 1. The highest BCUT2D eigenvalue weighted by atomic mass is 32.2. The summed E-state index contributed by atoms with van der Waals surface area (Å²) in [6.07, 6.45) is 3.13. The fraction of sp³-hybridized carbons (Fsp3) is 0.273. The van der Waals surface area contributed by atoms with Crippen molar-refractivity contribution in [2.45, 2.75) is 13.5 Å². The molecule has 0 spiro atoms. The molecular weight excluding hydrogens is 434 g/mol. The molecule has 0 bridgehead atoms. The highest BCUT2D eigenvalue weighted by Crippen LogP contribution is 2.34. The summed E-state index contributed by atoms with van der Waals surface area (Å²) in [7, 11) is 1.53. The quantitative estimate of drug-likeness (QED) is 0.575. The Morgan fingerprint density at radius 3 is 2.69 bits per heavy atom. The maximum atomic E-state index is 12.7. The molecule has 0 radical (unpaired) electrons. The average molecular weight is 458 g/mol. The zero-order valence-corrected chi connectivity index (χ0v) is 18.5. The van der Waals surface area contributed by atoms with Crippen LogP contribution in [0.3, 0.4) is 0 Å². The zero-order chi connectivity index (χ0) is 23.1. The summed E-state index contributed by atoms with van der Waals surface area (Å²) in [5, 5.41) is 2.21. The highest BCUT2D eigenvalue weighted by Gasteiger charge is 2.34. The lowest BCUT2D eigenvalue weighted by atomic mass is 10.2. The first kappa shape index (κ1) is 23.1. The number of carbonyl (C=O) groups excluding carboxylic acids is 3. The van der Waals surface area contributed by atoms with Gasteiger partial charge in [-0.25, -0.2) is 0 Å². The number of hydrogen-bond donors (Lipinski definition) is 1. The van der Waals surface area contributed by atoms with Crippen LogP contribution in [0.5, 0.6) is 11.5 Å². The van der Waals surface area contributed by atoms with Gasteiger partial charge in [0, 0.05) is 25.4 Å². The molecule has 3 rings (SSSR count). The first-order chi connectivity index (χ1) is 15.4. The van der Waals surface area contributed by atoms with Crippen molar-refractivity contribution in [2.75, 3.05) is 26.8 Å². The van der Waals surface area contributed by atoms with Crippen molar-refractivity contribution < 1.29 is 23.9 Å². The molecule has 2 heterocycles. The third kappa shape index (κ3) is 5.58. The van der Waals surface area contributed by atoms with Gasteiger partial charge >= 0.3 is 0 Å². The lowest BCUT2D eigenvalue weighted by Gasteiger charge is -2.13. The van der Waals surface area contributed by atoms with Crippen molar-refractivity contribution in [1.29, 1.82) is 0 Å². The van der Waals surface area contributed by atoms with Crippen molar-refractivity contribution in [3.63, 3.8) is 0 Å². The minimum Gasteiger partial charge on any atom is -0.493 e. The number of thioether (sulfide) groups is 1. The molecule has 0 atom stereocenters. The molecule has 1 aromatic heterocycles. The van der Waals surface area contributed by atoms with Crippen molar-refractivity contribution in [1.82, 2.24) is 14.8 Å². The molecule has 1 aliphatic rings. The van der Waals surface area contributed by atoms with Gasteiger partial charge in [0.1, 0.15) is 6.54 Å². The molecule has 1 aromatic carbocycles. The van der Waals surface area contributed by atoms with E-state index in [2.05, 4.69) is 5.32 Å². The summed E-state index contributed by atoms with van der Waals surface area (Å²) < 4.78 is 12.1. The molecule has 0 saturated carbocycles. The predicted octanol–water partition coefficient (Wildman–Crippen LogP) is 2.11. The summed E-state index contributed by atoms with van der Waals surface area (Å²) in [5.41, 5.74) is 0.405. The number of imide groups is 1. The number of pyridine rings is 1. The van der Waals surface area contributed by atoms with Gasteiger partial charge in [0.15, 0.2) is 11.5 Å². The van der Waals surface area contributed by atoms with Gasteiger partial charge in [-0.15, -0.1) is 0 Å². The highest BCUT2D eigenvalue weighted by molar-refractivity contribution is 8.18. The first-order valence-electron chi connectivity index (χ1n) is 9.91. The molecule has 10 heteroatoms. The number of hydrogen-bond acceptors (Lipinski definition) is 7. The number of benzene rings is 1. The van der Waals surface area contributed by atoms with Crippen LogP contribution in [0.15, 0.2) is 52.3 Å². The summed E-state index contributed by atoms with van der Waals surface area (Å²) in [6.45, 7) is 2.34. The molecule has 168 valence electrons. The molecule has 1 N–H and O–H groups in total. The minimum absolute atomic E-state index is 0.0318. The molecule has 3 amide bonds. The Kier molecular flexibility index (Phi) is 7.72. The summed E-state index contributed by atoms with van der Waals surface area (Å²) in [6, 6.07) is 9.85. The number of nitrogens with zero attached hydrogens (tertiary/aromatic N) is 2. The Hall–Kier alpha value is -3.53. The van der Waals surface area contributed by atoms with E-state index in [-0.39, 0.29) is 36.0 Å². The fourth-order valence-electron chi connectivity index (χ4n) is 3.00. The van der Waals surface area contributed by atoms with Crippen LogP contribution in [0.1, 0.15) is 12.5 Å². The van der Waals surface area contributed by atoms with E-state index in [9.17, 15) is 19.2 Å². The third-order valence-electron chi connectivity index (χ3n) is 4.53. The van der Waals surface area contributed by atoms with E-state index in [4.69, 9.17) is 9.47 Å². The molecule has 2 aromatic rings. The maximum absolute atomic E-state index is 12.7. The Labute approximate surface area is 189 Å². The van der Waals surface area contributed by atoms with Gasteiger partial charge in [0.25, 0.3) is 16.7 Å². The third-order valence-corrected chi connectivity index (χ3v) is 5.44. The van der Waals surface area contributed by atoms with Gasteiger partial charge in [-0.1, -0.05) is 12.1 Å². The van der Waals surface area contributed by atoms with Crippen molar-refractivity contribution in [3.8, 4) is 11.5 Å². The van der Waals surface area contributed by atoms with Crippen molar-refractivity contribution in [3.05, 3.63) is 63.4 Å². The predicted molar refractivity (Wildman–Crippen MR) is 121 cm³/mol. The van der Waals surface area contributed by atoms with E-state index in [1.165, 1.54) is 23.9 Å². The molecular formula is C22H23N3O6S. The topological polar surface area (TPSA) is 107 Å². The first-order valence-corrected chi connectivity index (χ1v) is 10.7. The molecule has 0 unspecified atom stereocenters. The van der Waals surface area contributed by atoms with Crippen LogP contribution in [0.2, 0.25) is 0 Å². The number of carbonyl (C=O) groups is 3. The van der Waals surface area contributed by atoms with Crippen LogP contribution in [-0.2, 0) is 16.1 Å². The standard InChI is InChI=1S/C22H23N3O6S/c1-3-31-16-8-7-15(12-17(16)30-2)13-18-21(28)25(22(29)32-18)11-9-23-19(26)14-24-10-5-4-6-20(24)27/h4-8,10,12-13H,3,9,11,14H2,1-2H3,(H,23,26)/b18-13-. The molecule has 1 fully saturated rings. The second-order valence-corrected chi connectivity index (χ2v) is 7.69.